The third-order valence-electron chi connectivity index (χ3n) is 3.17. The Morgan fingerprint density at radius 1 is 1.45 bits per heavy atom. The van der Waals surface area contributed by atoms with E-state index in [1.165, 1.54) is 10.7 Å². The maximum Gasteiger partial charge on any atom is 0.362 e. The largest absolute Gasteiger partial charge is 0.372 e. The molecular weight excluding hydrogens is 292 g/mol. The molecule has 11 nitrogen and oxygen atoms in total. The van der Waals surface area contributed by atoms with E-state index in [0.717, 1.165) is 6.92 Å². The SMILES string of the molecule is CNc1ccc2nnc(-c3ncc(C(C)(O)[N+](=O)[O-])[nH]3)n2n1. The van der Waals surface area contributed by atoms with Crippen LogP contribution in [0.3, 0.4) is 0 Å². The average Bonchev–Trinajstić information content (AvgIpc) is 3.12. The van der Waals surface area contributed by atoms with E-state index in [4.69, 9.17) is 0 Å². The summed E-state index contributed by atoms with van der Waals surface area (Å²) in [5.74, 6) is 1.08. The summed E-state index contributed by atoms with van der Waals surface area (Å²) >= 11 is 0. The molecule has 1 atom stereocenters. The molecule has 0 radical (unpaired) electrons. The van der Waals surface area contributed by atoms with Gasteiger partial charge in [-0.1, -0.05) is 0 Å². The molecule has 3 rings (SSSR count). The molecule has 0 saturated heterocycles. The number of fused-ring (bicyclic) bond motifs is 1. The number of H-pyrrole nitrogens is 1. The number of hydrogen-bond donors (Lipinski definition) is 3. The molecule has 0 spiro atoms. The van der Waals surface area contributed by atoms with E-state index in [-0.39, 0.29) is 17.3 Å². The molecule has 0 bridgehead atoms. The molecule has 0 aliphatic heterocycles. The van der Waals surface area contributed by atoms with Gasteiger partial charge in [0.2, 0.25) is 5.82 Å². The number of anilines is 1. The normalized spacial score (nSPS) is 14.0. The highest BCUT2D eigenvalue weighted by Crippen LogP contribution is 2.22. The topological polar surface area (TPSA) is 147 Å². The predicted molar refractivity (Wildman–Crippen MR) is 74.5 cm³/mol. The van der Waals surface area contributed by atoms with Crippen molar-refractivity contribution in [1.82, 2.24) is 29.8 Å². The molecule has 11 heteroatoms. The van der Waals surface area contributed by atoms with Crippen molar-refractivity contribution in [3.8, 4) is 11.6 Å². The van der Waals surface area contributed by atoms with E-state index in [9.17, 15) is 15.2 Å². The second-order valence-corrected chi connectivity index (χ2v) is 4.69. The van der Waals surface area contributed by atoms with Gasteiger partial charge in [0.05, 0.1) is 11.1 Å². The molecule has 0 amide bonds. The smallest absolute Gasteiger partial charge is 0.362 e. The Morgan fingerprint density at radius 2 is 2.23 bits per heavy atom. The lowest BCUT2D eigenvalue weighted by Crippen LogP contribution is -2.31. The van der Waals surface area contributed by atoms with Gasteiger partial charge in [0.15, 0.2) is 11.5 Å². The van der Waals surface area contributed by atoms with Crippen LogP contribution in [0.5, 0.6) is 0 Å². The van der Waals surface area contributed by atoms with E-state index in [2.05, 4.69) is 30.6 Å². The summed E-state index contributed by atoms with van der Waals surface area (Å²) in [6.45, 7) is 1.06. The van der Waals surface area contributed by atoms with Crippen molar-refractivity contribution >= 4 is 11.5 Å². The highest BCUT2D eigenvalue weighted by molar-refractivity contribution is 5.53. The first kappa shape index (κ1) is 13.9. The van der Waals surface area contributed by atoms with Crippen LogP contribution in [-0.4, -0.2) is 46.9 Å². The molecule has 0 saturated carbocycles. The van der Waals surface area contributed by atoms with E-state index >= 15 is 0 Å². The van der Waals surface area contributed by atoms with Gasteiger partial charge in [-0.2, -0.15) is 4.52 Å². The van der Waals surface area contributed by atoms with Gasteiger partial charge in [-0.25, -0.2) is 4.98 Å². The Morgan fingerprint density at radius 3 is 2.91 bits per heavy atom. The number of aromatic amines is 1. The van der Waals surface area contributed by atoms with Crippen LogP contribution in [0.1, 0.15) is 12.6 Å². The maximum absolute atomic E-state index is 10.9. The number of aliphatic hydroxyl groups is 1. The number of nitrogens with one attached hydrogen (secondary N) is 2. The van der Waals surface area contributed by atoms with Gasteiger partial charge in [-0.15, -0.1) is 15.3 Å². The van der Waals surface area contributed by atoms with Crippen molar-refractivity contribution < 1.29 is 10.0 Å². The van der Waals surface area contributed by atoms with Crippen molar-refractivity contribution in [2.75, 3.05) is 12.4 Å². The third kappa shape index (κ3) is 2.03. The van der Waals surface area contributed by atoms with Crippen LogP contribution in [0, 0.1) is 10.1 Å². The molecule has 22 heavy (non-hydrogen) atoms. The molecule has 0 aliphatic rings. The molecular formula is C11H12N8O3. The van der Waals surface area contributed by atoms with Gasteiger partial charge in [-0.05, 0) is 12.1 Å². The second-order valence-electron chi connectivity index (χ2n) is 4.69. The van der Waals surface area contributed by atoms with Gasteiger partial charge < -0.3 is 15.4 Å². The van der Waals surface area contributed by atoms with Gasteiger partial charge >= 0.3 is 5.72 Å². The number of aromatic nitrogens is 6. The number of nitrogens with zero attached hydrogens (tertiary/aromatic N) is 6. The molecule has 0 fully saturated rings. The molecule has 3 aromatic heterocycles. The van der Waals surface area contributed by atoms with Crippen molar-refractivity contribution in [3.63, 3.8) is 0 Å². The quantitative estimate of drug-likeness (QED) is 0.346. The van der Waals surface area contributed by atoms with Crippen LogP contribution in [-0.2, 0) is 5.72 Å². The highest BCUT2D eigenvalue weighted by Gasteiger charge is 2.39. The minimum absolute atomic E-state index is 0.0611. The Bertz CT molecular complexity index is 852. The van der Waals surface area contributed by atoms with E-state index in [0.29, 0.717) is 11.5 Å². The minimum atomic E-state index is -2.27. The van der Waals surface area contributed by atoms with E-state index < -0.39 is 10.6 Å². The fourth-order valence-electron chi connectivity index (χ4n) is 1.84. The van der Waals surface area contributed by atoms with E-state index in [1.807, 2.05) is 0 Å². The standard InChI is InChI=1S/C11H12N8O3/c1-11(20,19(21)22)6-5-13-9(14-6)10-16-15-8-4-3-7(12-2)17-18(8)10/h3-5,20H,1-2H3,(H,12,17)(H,13,14). The fraction of sp³-hybridized carbons (Fsp3) is 0.273. The molecule has 3 aromatic rings. The molecule has 3 heterocycles. The average molecular weight is 304 g/mol. The van der Waals surface area contributed by atoms with Gasteiger partial charge in [0, 0.05) is 14.0 Å². The van der Waals surface area contributed by atoms with Gasteiger partial charge in [0.25, 0.3) is 0 Å². The summed E-state index contributed by atoms with van der Waals surface area (Å²) in [7, 11) is 1.72. The summed E-state index contributed by atoms with van der Waals surface area (Å²) in [4.78, 5) is 16.7. The van der Waals surface area contributed by atoms with Gasteiger partial charge in [-0.3, -0.25) is 10.1 Å². The van der Waals surface area contributed by atoms with E-state index in [1.54, 1.807) is 19.2 Å². The van der Waals surface area contributed by atoms with Crippen molar-refractivity contribution in [3.05, 3.63) is 34.1 Å². The fourth-order valence-corrected chi connectivity index (χ4v) is 1.84. The predicted octanol–water partition coefficient (Wildman–Crippen LogP) is -0.00220. The Balaban J connectivity index is 2.09. The lowest BCUT2D eigenvalue weighted by atomic mass is 10.2. The first-order valence-electron chi connectivity index (χ1n) is 6.26. The highest BCUT2D eigenvalue weighted by atomic mass is 16.7. The summed E-state index contributed by atoms with van der Waals surface area (Å²) < 4.78 is 1.44. The van der Waals surface area contributed by atoms with Crippen LogP contribution in [0.15, 0.2) is 18.3 Å². The molecule has 114 valence electrons. The molecule has 0 aromatic carbocycles. The Labute approximate surface area is 123 Å². The van der Waals surface area contributed by atoms with Crippen LogP contribution < -0.4 is 5.32 Å². The minimum Gasteiger partial charge on any atom is -0.372 e. The third-order valence-corrected chi connectivity index (χ3v) is 3.17. The van der Waals surface area contributed by atoms with Gasteiger partial charge in [0.1, 0.15) is 11.5 Å². The zero-order valence-corrected chi connectivity index (χ0v) is 11.7. The number of imidazole rings is 1. The van der Waals surface area contributed by atoms with Crippen molar-refractivity contribution in [2.45, 2.75) is 12.6 Å². The summed E-state index contributed by atoms with van der Waals surface area (Å²) in [6, 6.07) is 3.45. The monoisotopic (exact) mass is 304 g/mol. The lowest BCUT2D eigenvalue weighted by Gasteiger charge is -2.10. The van der Waals surface area contributed by atoms with Crippen LogP contribution >= 0.6 is 0 Å². The molecule has 0 aliphatic carbocycles. The maximum atomic E-state index is 10.9. The lowest BCUT2D eigenvalue weighted by molar-refractivity contribution is -0.631. The number of nitro groups is 1. The first-order chi connectivity index (χ1) is 10.4. The number of hydrogen-bond acceptors (Lipinski definition) is 8. The Hall–Kier alpha value is -3.08. The number of rotatable bonds is 4. The summed E-state index contributed by atoms with van der Waals surface area (Å²) in [5.41, 5.74) is -1.84. The summed E-state index contributed by atoms with van der Waals surface area (Å²) in [5, 5.41) is 35.7. The van der Waals surface area contributed by atoms with Crippen LogP contribution in [0.4, 0.5) is 5.82 Å². The zero-order chi connectivity index (χ0) is 15.9. The van der Waals surface area contributed by atoms with Crippen molar-refractivity contribution in [2.24, 2.45) is 0 Å². The van der Waals surface area contributed by atoms with Crippen molar-refractivity contribution in [1.29, 1.82) is 0 Å². The zero-order valence-electron chi connectivity index (χ0n) is 11.7. The Kier molecular flexibility index (Phi) is 2.99. The summed E-state index contributed by atoms with van der Waals surface area (Å²) in [6.07, 6.45) is 1.18. The first-order valence-corrected chi connectivity index (χ1v) is 6.26. The van der Waals surface area contributed by atoms with Crippen LogP contribution in [0.2, 0.25) is 0 Å². The molecule has 3 N–H and O–H groups in total. The second kappa shape index (κ2) is 4.73. The molecule has 1 unspecified atom stereocenters. The van der Waals surface area contributed by atoms with Crippen LogP contribution in [0.25, 0.3) is 17.3 Å².